The lowest BCUT2D eigenvalue weighted by molar-refractivity contribution is 0.147. The van der Waals surface area contributed by atoms with Crippen LogP contribution in [0.15, 0.2) is 30.3 Å². The van der Waals surface area contributed by atoms with Gasteiger partial charge in [-0.05, 0) is 26.3 Å². The topological polar surface area (TPSA) is 27.0 Å². The molecule has 1 rings (SSSR count). The maximum atomic E-state index is 8.79. The van der Waals surface area contributed by atoms with Gasteiger partial charge in [0.25, 0.3) is 0 Å². The molecule has 0 N–H and O–H groups in total. The Kier molecular flexibility index (Phi) is 3.88. The van der Waals surface area contributed by atoms with Gasteiger partial charge in [-0.3, -0.25) is 4.90 Å². The number of hydrogen-bond donors (Lipinski definition) is 0. The van der Waals surface area contributed by atoms with Crippen molar-refractivity contribution in [2.45, 2.75) is 32.9 Å². The zero-order valence-corrected chi connectivity index (χ0v) is 9.70. The van der Waals surface area contributed by atoms with Crippen LogP contribution in [0, 0.1) is 11.3 Å². The second-order valence-electron chi connectivity index (χ2n) is 4.67. The van der Waals surface area contributed by atoms with E-state index >= 15 is 0 Å². The van der Waals surface area contributed by atoms with Gasteiger partial charge in [0.05, 0.1) is 12.6 Å². The first kappa shape index (κ1) is 11.7. The van der Waals surface area contributed by atoms with Crippen molar-refractivity contribution >= 4 is 0 Å². The van der Waals surface area contributed by atoms with E-state index in [4.69, 9.17) is 5.26 Å². The van der Waals surface area contributed by atoms with Gasteiger partial charge in [-0.1, -0.05) is 30.3 Å². The summed E-state index contributed by atoms with van der Waals surface area (Å²) in [5, 5.41) is 8.79. The van der Waals surface area contributed by atoms with Gasteiger partial charge in [0, 0.05) is 12.1 Å². The van der Waals surface area contributed by atoms with Crippen molar-refractivity contribution < 1.29 is 0 Å². The fourth-order valence-corrected chi connectivity index (χ4v) is 1.42. The largest absolute Gasteiger partial charge is 0.281 e. The second kappa shape index (κ2) is 4.95. The predicted octanol–water partition coefficient (Wildman–Crippen LogP) is 2.81. The predicted molar refractivity (Wildman–Crippen MR) is 62.2 cm³/mol. The van der Waals surface area contributed by atoms with Crippen LogP contribution in [0.4, 0.5) is 0 Å². The molecule has 2 nitrogen and oxygen atoms in total. The van der Waals surface area contributed by atoms with Gasteiger partial charge in [0.2, 0.25) is 0 Å². The van der Waals surface area contributed by atoms with Gasteiger partial charge in [-0.2, -0.15) is 5.26 Å². The van der Waals surface area contributed by atoms with Crippen molar-refractivity contribution in [3.8, 4) is 6.07 Å². The highest BCUT2D eigenvalue weighted by Gasteiger charge is 2.20. The molecule has 0 fully saturated rings. The number of benzene rings is 1. The Labute approximate surface area is 92.1 Å². The molecular formula is C13H18N2. The monoisotopic (exact) mass is 202 g/mol. The molecule has 2 heteroatoms. The van der Waals surface area contributed by atoms with Crippen LogP contribution in [0.5, 0.6) is 0 Å². The summed E-state index contributed by atoms with van der Waals surface area (Å²) >= 11 is 0. The van der Waals surface area contributed by atoms with Gasteiger partial charge in [0.1, 0.15) is 0 Å². The molecule has 0 bridgehead atoms. The van der Waals surface area contributed by atoms with E-state index in [0.717, 1.165) is 6.54 Å². The van der Waals surface area contributed by atoms with Gasteiger partial charge in [0.15, 0.2) is 0 Å². The van der Waals surface area contributed by atoms with Crippen LogP contribution in [-0.2, 0) is 6.54 Å². The fourth-order valence-electron chi connectivity index (χ4n) is 1.42. The molecule has 0 atom stereocenters. The normalized spacial score (nSPS) is 11.4. The second-order valence-corrected chi connectivity index (χ2v) is 4.67. The third-order valence-corrected chi connectivity index (χ3v) is 2.43. The van der Waals surface area contributed by atoms with Crippen LogP contribution in [0.3, 0.4) is 0 Å². The maximum Gasteiger partial charge on any atom is 0.0873 e. The van der Waals surface area contributed by atoms with Crippen LogP contribution in [-0.4, -0.2) is 17.0 Å². The minimum absolute atomic E-state index is 0.0333. The van der Waals surface area contributed by atoms with Crippen molar-refractivity contribution in [1.82, 2.24) is 4.90 Å². The number of rotatable bonds is 3. The number of nitriles is 1. The van der Waals surface area contributed by atoms with E-state index < -0.39 is 0 Å². The standard InChI is InChI=1S/C13H18N2/c1-13(2,3)15(10-9-14)11-12-7-5-4-6-8-12/h4-8H,10-11H2,1-3H3. The van der Waals surface area contributed by atoms with Crippen LogP contribution in [0.2, 0.25) is 0 Å². The lowest BCUT2D eigenvalue weighted by atomic mass is 10.0. The van der Waals surface area contributed by atoms with E-state index in [2.05, 4.69) is 43.9 Å². The summed E-state index contributed by atoms with van der Waals surface area (Å²) in [7, 11) is 0. The van der Waals surface area contributed by atoms with Crippen molar-refractivity contribution in [3.63, 3.8) is 0 Å². The molecule has 0 amide bonds. The Hall–Kier alpha value is -1.33. The molecule has 0 unspecified atom stereocenters. The molecule has 15 heavy (non-hydrogen) atoms. The average molecular weight is 202 g/mol. The molecule has 1 aromatic rings. The Morgan fingerprint density at radius 1 is 1.20 bits per heavy atom. The summed E-state index contributed by atoms with van der Waals surface area (Å²) in [6.07, 6.45) is 0. The third-order valence-electron chi connectivity index (χ3n) is 2.43. The Morgan fingerprint density at radius 2 is 1.80 bits per heavy atom. The van der Waals surface area contributed by atoms with Crippen molar-refractivity contribution in [2.75, 3.05) is 6.54 Å². The summed E-state index contributed by atoms with van der Waals surface area (Å²) < 4.78 is 0. The zero-order valence-electron chi connectivity index (χ0n) is 9.70. The van der Waals surface area contributed by atoms with Gasteiger partial charge >= 0.3 is 0 Å². The molecule has 0 radical (unpaired) electrons. The van der Waals surface area contributed by atoms with E-state index in [1.54, 1.807) is 0 Å². The molecule has 0 spiro atoms. The summed E-state index contributed by atoms with van der Waals surface area (Å²) in [5.74, 6) is 0. The maximum absolute atomic E-state index is 8.79. The van der Waals surface area contributed by atoms with Gasteiger partial charge in [-0.25, -0.2) is 0 Å². The molecule has 0 aromatic heterocycles. The highest BCUT2D eigenvalue weighted by atomic mass is 15.2. The zero-order chi connectivity index (χ0) is 11.3. The molecule has 0 aliphatic heterocycles. The Bertz CT molecular complexity index is 330. The first-order valence-electron chi connectivity index (χ1n) is 5.20. The highest BCUT2D eigenvalue weighted by Crippen LogP contribution is 2.16. The van der Waals surface area contributed by atoms with Crippen LogP contribution < -0.4 is 0 Å². The highest BCUT2D eigenvalue weighted by molar-refractivity contribution is 5.15. The molecule has 0 aliphatic rings. The van der Waals surface area contributed by atoms with E-state index in [0.29, 0.717) is 6.54 Å². The number of hydrogen-bond acceptors (Lipinski definition) is 2. The summed E-state index contributed by atoms with van der Waals surface area (Å²) in [6.45, 7) is 7.70. The van der Waals surface area contributed by atoms with Gasteiger partial charge in [-0.15, -0.1) is 0 Å². The quantitative estimate of drug-likeness (QED) is 0.705. The van der Waals surface area contributed by atoms with E-state index in [1.165, 1.54) is 5.56 Å². The van der Waals surface area contributed by atoms with Gasteiger partial charge < -0.3 is 0 Å². The SMILES string of the molecule is CC(C)(C)N(CC#N)Cc1ccccc1. The summed E-state index contributed by atoms with van der Waals surface area (Å²) in [4.78, 5) is 2.17. The van der Waals surface area contributed by atoms with Crippen LogP contribution in [0.25, 0.3) is 0 Å². The van der Waals surface area contributed by atoms with E-state index in [1.807, 2.05) is 18.2 Å². The van der Waals surface area contributed by atoms with Crippen LogP contribution >= 0.6 is 0 Å². The third kappa shape index (κ3) is 3.73. The van der Waals surface area contributed by atoms with E-state index in [9.17, 15) is 0 Å². The van der Waals surface area contributed by atoms with Crippen molar-refractivity contribution in [1.29, 1.82) is 5.26 Å². The fraction of sp³-hybridized carbons (Fsp3) is 0.462. The van der Waals surface area contributed by atoms with Crippen molar-refractivity contribution in [2.24, 2.45) is 0 Å². The lowest BCUT2D eigenvalue weighted by Gasteiger charge is -2.33. The van der Waals surface area contributed by atoms with E-state index in [-0.39, 0.29) is 5.54 Å². The Morgan fingerprint density at radius 3 is 2.27 bits per heavy atom. The Balaban J connectivity index is 2.73. The lowest BCUT2D eigenvalue weighted by Crippen LogP contribution is -2.40. The summed E-state index contributed by atoms with van der Waals surface area (Å²) in [5.41, 5.74) is 1.29. The minimum Gasteiger partial charge on any atom is -0.281 e. The molecular weight excluding hydrogens is 184 g/mol. The first-order chi connectivity index (χ1) is 7.04. The molecule has 0 heterocycles. The number of nitrogens with zero attached hydrogens (tertiary/aromatic N) is 2. The smallest absolute Gasteiger partial charge is 0.0873 e. The molecule has 0 saturated carbocycles. The van der Waals surface area contributed by atoms with Crippen LogP contribution in [0.1, 0.15) is 26.3 Å². The molecule has 80 valence electrons. The summed E-state index contributed by atoms with van der Waals surface area (Å²) in [6, 6.07) is 12.5. The molecule has 0 aliphatic carbocycles. The first-order valence-corrected chi connectivity index (χ1v) is 5.20. The average Bonchev–Trinajstić information content (AvgIpc) is 2.17. The van der Waals surface area contributed by atoms with Crippen molar-refractivity contribution in [3.05, 3.63) is 35.9 Å². The molecule has 1 aromatic carbocycles. The molecule has 0 saturated heterocycles. The minimum atomic E-state index is 0.0333.